The Labute approximate surface area is 128 Å². The van der Waals surface area contributed by atoms with Crippen LogP contribution in [0.3, 0.4) is 0 Å². The van der Waals surface area contributed by atoms with E-state index in [1.807, 2.05) is 24.3 Å². The molecule has 0 bridgehead atoms. The monoisotopic (exact) mass is 331 g/mol. The molecular formula is C16H18BrN3. The number of nitrogens with zero attached hydrogens (tertiary/aromatic N) is 2. The molecule has 3 nitrogen and oxygen atoms in total. The van der Waals surface area contributed by atoms with Crippen LogP contribution in [-0.2, 0) is 6.54 Å². The maximum Gasteiger partial charge on any atom is 0.160 e. The van der Waals surface area contributed by atoms with E-state index in [0.29, 0.717) is 6.04 Å². The standard InChI is InChI=1S/C16H18BrN3/c1-10-14(9-18-12-7-8-12)11(2)20-16(19-10)13-5-3-4-6-15(13)17/h3-6,12,18H,7-9H2,1-2H3. The van der Waals surface area contributed by atoms with Crippen molar-refractivity contribution < 1.29 is 0 Å². The molecule has 0 radical (unpaired) electrons. The summed E-state index contributed by atoms with van der Waals surface area (Å²) in [5.74, 6) is 0.794. The summed E-state index contributed by atoms with van der Waals surface area (Å²) in [6.45, 7) is 5.01. The summed E-state index contributed by atoms with van der Waals surface area (Å²) in [4.78, 5) is 9.36. The fourth-order valence-corrected chi connectivity index (χ4v) is 2.75. The largest absolute Gasteiger partial charge is 0.310 e. The Morgan fingerprint density at radius 1 is 1.15 bits per heavy atom. The number of hydrogen-bond donors (Lipinski definition) is 1. The van der Waals surface area contributed by atoms with Crippen molar-refractivity contribution in [1.82, 2.24) is 15.3 Å². The highest BCUT2D eigenvalue weighted by atomic mass is 79.9. The molecule has 1 aromatic carbocycles. The topological polar surface area (TPSA) is 37.8 Å². The molecule has 1 aromatic heterocycles. The quantitative estimate of drug-likeness (QED) is 0.926. The van der Waals surface area contributed by atoms with E-state index < -0.39 is 0 Å². The summed E-state index contributed by atoms with van der Waals surface area (Å²) in [6.07, 6.45) is 2.60. The second kappa shape index (κ2) is 5.62. The van der Waals surface area contributed by atoms with Crippen molar-refractivity contribution in [2.45, 2.75) is 39.3 Å². The van der Waals surface area contributed by atoms with Gasteiger partial charge in [-0.15, -0.1) is 0 Å². The van der Waals surface area contributed by atoms with Gasteiger partial charge in [-0.2, -0.15) is 0 Å². The smallest absolute Gasteiger partial charge is 0.160 e. The van der Waals surface area contributed by atoms with Crippen LogP contribution in [0.2, 0.25) is 0 Å². The Morgan fingerprint density at radius 3 is 2.40 bits per heavy atom. The Bertz CT molecular complexity index is 612. The first-order valence-corrected chi connectivity index (χ1v) is 7.77. The molecule has 1 aliphatic rings. The zero-order chi connectivity index (χ0) is 14.1. The minimum absolute atomic E-state index is 0.705. The van der Waals surface area contributed by atoms with E-state index in [0.717, 1.165) is 33.8 Å². The van der Waals surface area contributed by atoms with Gasteiger partial charge >= 0.3 is 0 Å². The first-order chi connectivity index (χ1) is 9.65. The van der Waals surface area contributed by atoms with Gasteiger partial charge in [0.05, 0.1) is 0 Å². The van der Waals surface area contributed by atoms with Crippen LogP contribution in [0.1, 0.15) is 29.8 Å². The van der Waals surface area contributed by atoms with Crippen molar-refractivity contribution in [2.75, 3.05) is 0 Å². The normalized spacial score (nSPS) is 14.6. The number of aromatic nitrogens is 2. The molecule has 1 heterocycles. The van der Waals surface area contributed by atoms with Crippen LogP contribution < -0.4 is 5.32 Å². The minimum atomic E-state index is 0.705. The number of rotatable bonds is 4. The van der Waals surface area contributed by atoms with Gasteiger partial charge in [0.2, 0.25) is 0 Å². The van der Waals surface area contributed by atoms with E-state index in [2.05, 4.69) is 45.1 Å². The molecule has 3 rings (SSSR count). The van der Waals surface area contributed by atoms with Crippen LogP contribution >= 0.6 is 15.9 Å². The number of halogens is 1. The van der Waals surface area contributed by atoms with Gasteiger partial charge < -0.3 is 5.32 Å². The Balaban J connectivity index is 1.92. The zero-order valence-corrected chi connectivity index (χ0v) is 13.4. The number of hydrogen-bond acceptors (Lipinski definition) is 3. The highest BCUT2D eigenvalue weighted by Gasteiger charge is 2.21. The van der Waals surface area contributed by atoms with Crippen LogP contribution in [-0.4, -0.2) is 16.0 Å². The molecule has 1 aliphatic carbocycles. The van der Waals surface area contributed by atoms with Crippen molar-refractivity contribution in [3.05, 3.63) is 45.7 Å². The molecule has 0 saturated heterocycles. The average molecular weight is 332 g/mol. The van der Waals surface area contributed by atoms with Crippen LogP contribution in [0.25, 0.3) is 11.4 Å². The third kappa shape index (κ3) is 2.91. The fraction of sp³-hybridized carbons (Fsp3) is 0.375. The van der Waals surface area contributed by atoms with Crippen LogP contribution in [0.4, 0.5) is 0 Å². The van der Waals surface area contributed by atoms with Crippen LogP contribution in [0, 0.1) is 13.8 Å². The lowest BCUT2D eigenvalue weighted by Crippen LogP contribution is -2.18. The summed E-state index contributed by atoms with van der Waals surface area (Å²) >= 11 is 3.57. The Morgan fingerprint density at radius 2 is 1.80 bits per heavy atom. The second-order valence-corrected chi connectivity index (χ2v) is 6.19. The molecule has 0 atom stereocenters. The van der Waals surface area contributed by atoms with E-state index >= 15 is 0 Å². The first kappa shape index (κ1) is 13.7. The van der Waals surface area contributed by atoms with Gasteiger partial charge in [0, 0.05) is 39.6 Å². The molecular weight excluding hydrogens is 314 g/mol. The van der Waals surface area contributed by atoms with Gasteiger partial charge in [0.25, 0.3) is 0 Å². The average Bonchev–Trinajstić information content (AvgIpc) is 3.22. The van der Waals surface area contributed by atoms with Gasteiger partial charge in [-0.25, -0.2) is 9.97 Å². The number of nitrogens with one attached hydrogen (secondary N) is 1. The lowest BCUT2D eigenvalue weighted by molar-refractivity contribution is 0.675. The summed E-state index contributed by atoms with van der Waals surface area (Å²) in [6, 6.07) is 8.78. The van der Waals surface area contributed by atoms with E-state index in [4.69, 9.17) is 0 Å². The summed E-state index contributed by atoms with van der Waals surface area (Å²) in [5, 5.41) is 3.54. The predicted molar refractivity (Wildman–Crippen MR) is 84.5 cm³/mol. The van der Waals surface area contributed by atoms with E-state index in [9.17, 15) is 0 Å². The molecule has 4 heteroatoms. The highest BCUT2D eigenvalue weighted by Crippen LogP contribution is 2.27. The number of aryl methyl sites for hydroxylation is 2. The van der Waals surface area contributed by atoms with E-state index in [-0.39, 0.29) is 0 Å². The molecule has 0 amide bonds. The Hall–Kier alpha value is -1.26. The summed E-state index contributed by atoms with van der Waals surface area (Å²) < 4.78 is 1.03. The van der Waals surface area contributed by atoms with E-state index in [1.54, 1.807) is 0 Å². The molecule has 0 unspecified atom stereocenters. The first-order valence-electron chi connectivity index (χ1n) is 6.97. The minimum Gasteiger partial charge on any atom is -0.310 e. The van der Waals surface area contributed by atoms with Gasteiger partial charge in [0.1, 0.15) is 0 Å². The molecule has 20 heavy (non-hydrogen) atoms. The van der Waals surface area contributed by atoms with Crippen LogP contribution in [0.15, 0.2) is 28.7 Å². The Kier molecular flexibility index (Phi) is 3.85. The molecule has 2 aromatic rings. The molecule has 104 valence electrons. The predicted octanol–water partition coefficient (Wildman–Crippen LogP) is 3.77. The second-order valence-electron chi connectivity index (χ2n) is 5.33. The van der Waals surface area contributed by atoms with Crippen LogP contribution in [0.5, 0.6) is 0 Å². The summed E-state index contributed by atoms with van der Waals surface area (Å²) in [5.41, 5.74) is 4.40. The third-order valence-electron chi connectivity index (χ3n) is 3.68. The lowest BCUT2D eigenvalue weighted by atomic mass is 10.1. The number of benzene rings is 1. The molecule has 1 saturated carbocycles. The zero-order valence-electron chi connectivity index (χ0n) is 11.8. The van der Waals surface area contributed by atoms with Gasteiger partial charge in [0.15, 0.2) is 5.82 Å². The van der Waals surface area contributed by atoms with Gasteiger partial charge in [-0.1, -0.05) is 34.1 Å². The van der Waals surface area contributed by atoms with Gasteiger partial charge in [-0.05, 0) is 32.8 Å². The van der Waals surface area contributed by atoms with Crippen molar-refractivity contribution in [3.63, 3.8) is 0 Å². The third-order valence-corrected chi connectivity index (χ3v) is 4.37. The van der Waals surface area contributed by atoms with Gasteiger partial charge in [-0.3, -0.25) is 0 Å². The van der Waals surface area contributed by atoms with Crippen molar-refractivity contribution >= 4 is 15.9 Å². The maximum absolute atomic E-state index is 4.68. The molecule has 1 N–H and O–H groups in total. The molecule has 1 fully saturated rings. The fourth-order valence-electron chi connectivity index (χ4n) is 2.29. The van der Waals surface area contributed by atoms with Crippen molar-refractivity contribution in [3.8, 4) is 11.4 Å². The summed E-state index contributed by atoms with van der Waals surface area (Å²) in [7, 11) is 0. The molecule has 0 aliphatic heterocycles. The highest BCUT2D eigenvalue weighted by molar-refractivity contribution is 9.10. The maximum atomic E-state index is 4.68. The van der Waals surface area contributed by atoms with E-state index in [1.165, 1.54) is 18.4 Å². The SMILES string of the molecule is Cc1nc(-c2ccccc2Br)nc(C)c1CNC1CC1. The van der Waals surface area contributed by atoms with Crippen molar-refractivity contribution in [1.29, 1.82) is 0 Å². The lowest BCUT2D eigenvalue weighted by Gasteiger charge is -2.12. The van der Waals surface area contributed by atoms with Crippen molar-refractivity contribution in [2.24, 2.45) is 0 Å². The molecule has 0 spiro atoms.